The van der Waals surface area contributed by atoms with Crippen molar-refractivity contribution in [3.05, 3.63) is 24.3 Å². The quantitative estimate of drug-likeness (QED) is 0.294. The van der Waals surface area contributed by atoms with Crippen molar-refractivity contribution in [2.75, 3.05) is 0 Å². The first-order valence-electron chi connectivity index (χ1n) is 2.64. The molecule has 0 saturated heterocycles. The number of rotatable bonds is 0. The minimum atomic E-state index is -3.14. The summed E-state index contributed by atoms with van der Waals surface area (Å²) in [4.78, 5) is 10.8. The molecule has 0 radical (unpaired) electrons. The zero-order valence-corrected chi connectivity index (χ0v) is 8.47. The fourth-order valence-corrected chi connectivity index (χ4v) is 2.36. The van der Waals surface area contributed by atoms with Crippen LogP contribution in [-0.4, -0.2) is 0 Å². The third-order valence-electron chi connectivity index (χ3n) is 1.47. The van der Waals surface area contributed by atoms with Crippen LogP contribution in [0, 0.1) is 0 Å². The van der Waals surface area contributed by atoms with Crippen LogP contribution in [0.3, 0.4) is 0 Å². The minimum absolute atomic E-state index is 0. The summed E-state index contributed by atoms with van der Waals surface area (Å²) in [5.41, 5.74) is 0. The smallest absolute Gasteiger partial charge is 0.793 e. The second-order valence-corrected chi connectivity index (χ2v) is 4.11. The van der Waals surface area contributed by atoms with Crippen LogP contribution in [0.5, 0.6) is 0 Å². The molecule has 0 amide bonds. The van der Waals surface area contributed by atoms with Gasteiger partial charge in [-0.2, -0.15) is 0 Å². The van der Waals surface area contributed by atoms with Crippen LogP contribution in [0.2, 0.25) is 0 Å². The summed E-state index contributed by atoms with van der Waals surface area (Å²) in [7, 11) is -3.14. The molecule has 4 heteroatoms. The van der Waals surface area contributed by atoms with Gasteiger partial charge in [-0.1, -0.05) is 24.3 Å². The van der Waals surface area contributed by atoms with E-state index in [1.165, 1.54) is 0 Å². The van der Waals surface area contributed by atoms with Crippen molar-refractivity contribution in [3.63, 3.8) is 0 Å². The topological polar surface area (TPSA) is 40.1 Å². The van der Waals surface area contributed by atoms with E-state index < -0.39 is 7.37 Å². The van der Waals surface area contributed by atoms with Crippen LogP contribution in [0.25, 0.3) is 0 Å². The van der Waals surface area contributed by atoms with E-state index in [4.69, 9.17) is 0 Å². The maximum absolute atomic E-state index is 10.8. The van der Waals surface area contributed by atoms with Gasteiger partial charge >= 0.3 is 29.6 Å². The Hall–Kier alpha value is 0.410. The van der Waals surface area contributed by atoms with Crippen molar-refractivity contribution >= 4 is 18.0 Å². The third kappa shape index (κ3) is 1.01. The van der Waals surface area contributed by atoms with Gasteiger partial charge in [-0.05, 0) is 0 Å². The first-order chi connectivity index (χ1) is 4.23. The van der Waals surface area contributed by atoms with Crippen molar-refractivity contribution in [2.24, 2.45) is 0 Å². The van der Waals surface area contributed by atoms with Gasteiger partial charge in [-0.15, -0.1) is 0 Å². The third-order valence-corrected chi connectivity index (χ3v) is 3.29. The number of fused-ring (bicyclic) bond motifs is 1. The second-order valence-electron chi connectivity index (χ2n) is 2.04. The van der Waals surface area contributed by atoms with Crippen LogP contribution in [0.1, 0.15) is 0 Å². The zero-order valence-electron chi connectivity index (χ0n) is 5.57. The van der Waals surface area contributed by atoms with Crippen molar-refractivity contribution in [2.45, 2.75) is 0 Å². The van der Waals surface area contributed by atoms with E-state index >= 15 is 0 Å². The summed E-state index contributed by atoms with van der Waals surface area (Å²) in [5.74, 6) is 0. The van der Waals surface area contributed by atoms with Crippen LogP contribution in [0.4, 0.5) is 0 Å². The Morgan fingerprint density at radius 3 is 1.90 bits per heavy atom. The van der Waals surface area contributed by atoms with Gasteiger partial charge in [-0.25, -0.2) is 0 Å². The Morgan fingerprint density at radius 1 is 1.20 bits per heavy atom. The molecule has 0 aromatic heterocycles. The predicted molar refractivity (Wildman–Crippen MR) is 33.3 cm³/mol. The molecule has 1 aromatic rings. The summed E-state index contributed by atoms with van der Waals surface area (Å²) in [5, 5.41) is 1.04. The molecule has 0 spiro atoms. The van der Waals surface area contributed by atoms with Gasteiger partial charge in [0.2, 0.25) is 0 Å². The molecular weight excluding hydrogens is 158 g/mol. The molecule has 1 aliphatic heterocycles. The van der Waals surface area contributed by atoms with E-state index in [9.17, 15) is 9.46 Å². The fourth-order valence-electron chi connectivity index (χ4n) is 0.908. The standard InChI is InChI=1S/C6H5O2P.Na/c7-9(8)5-3-1-2-4-6(5)9;/h1-4H,(H,7,8);/q;+1/p-1. The first kappa shape index (κ1) is 8.51. The van der Waals surface area contributed by atoms with E-state index in [0.29, 0.717) is 10.6 Å². The SMILES string of the molecule is O=P1([O-])c2ccccc21.[Na+]. The van der Waals surface area contributed by atoms with Gasteiger partial charge in [0.1, 0.15) is 0 Å². The number of hydrogen-bond acceptors (Lipinski definition) is 2. The Morgan fingerprint density at radius 2 is 1.60 bits per heavy atom. The number of benzene rings is 1. The van der Waals surface area contributed by atoms with Crippen molar-refractivity contribution < 1.29 is 39.0 Å². The van der Waals surface area contributed by atoms with E-state index in [2.05, 4.69) is 0 Å². The number of hydrogen-bond donors (Lipinski definition) is 0. The molecule has 46 valence electrons. The molecule has 0 unspecified atom stereocenters. The zero-order chi connectivity index (χ0) is 6.48. The van der Waals surface area contributed by atoms with Gasteiger partial charge in [0, 0.05) is 10.6 Å². The van der Waals surface area contributed by atoms with Crippen LogP contribution in [0.15, 0.2) is 24.3 Å². The van der Waals surface area contributed by atoms with Gasteiger partial charge in [0.15, 0.2) is 0 Å². The summed E-state index contributed by atoms with van der Waals surface area (Å²) in [6, 6.07) is 6.72. The molecule has 0 aliphatic carbocycles. The average Bonchev–Trinajstić information content (AvgIpc) is 2.39. The van der Waals surface area contributed by atoms with E-state index in [-0.39, 0.29) is 29.6 Å². The molecule has 2 rings (SSSR count). The molecule has 1 aromatic carbocycles. The van der Waals surface area contributed by atoms with Crippen LogP contribution in [-0.2, 0) is 4.57 Å². The van der Waals surface area contributed by atoms with E-state index in [1.54, 1.807) is 24.3 Å². The Kier molecular flexibility index (Phi) is 2.10. The van der Waals surface area contributed by atoms with Gasteiger partial charge < -0.3 is 9.46 Å². The molecule has 0 fully saturated rings. The molecule has 1 aliphatic rings. The molecule has 0 N–H and O–H groups in total. The maximum Gasteiger partial charge on any atom is 1.00 e. The maximum atomic E-state index is 10.8. The summed E-state index contributed by atoms with van der Waals surface area (Å²) < 4.78 is 10.8. The summed E-state index contributed by atoms with van der Waals surface area (Å²) >= 11 is 0. The van der Waals surface area contributed by atoms with Gasteiger partial charge in [0.25, 0.3) is 0 Å². The average molecular weight is 162 g/mol. The largest absolute Gasteiger partial charge is 1.00 e. The molecule has 2 nitrogen and oxygen atoms in total. The summed E-state index contributed by atoms with van der Waals surface area (Å²) in [6.45, 7) is 0. The van der Waals surface area contributed by atoms with Crippen molar-refractivity contribution in [3.8, 4) is 0 Å². The molecule has 0 saturated carbocycles. The van der Waals surface area contributed by atoms with Crippen LogP contribution >= 0.6 is 7.37 Å². The van der Waals surface area contributed by atoms with Crippen LogP contribution < -0.4 is 45.1 Å². The Labute approximate surface area is 81.0 Å². The predicted octanol–water partition coefficient (Wildman–Crippen LogP) is -3.41. The van der Waals surface area contributed by atoms with E-state index in [0.717, 1.165) is 0 Å². The van der Waals surface area contributed by atoms with Gasteiger partial charge in [-0.3, -0.25) is 0 Å². The normalized spacial score (nSPS) is 16.9. The van der Waals surface area contributed by atoms with E-state index in [1.807, 2.05) is 0 Å². The fraction of sp³-hybridized carbons (Fsp3) is 0. The molecule has 10 heavy (non-hydrogen) atoms. The first-order valence-corrected chi connectivity index (χ1v) is 4.26. The minimum Gasteiger partial charge on any atom is -0.793 e. The Bertz CT molecular complexity index is 283. The second kappa shape index (κ2) is 2.47. The molecule has 0 atom stereocenters. The van der Waals surface area contributed by atoms with Crippen molar-refractivity contribution in [1.29, 1.82) is 0 Å². The van der Waals surface area contributed by atoms with Gasteiger partial charge in [0.05, 0.1) is 7.37 Å². The van der Waals surface area contributed by atoms with Crippen molar-refractivity contribution in [1.82, 2.24) is 0 Å². The monoisotopic (exact) mass is 162 g/mol. The molecule has 0 bridgehead atoms. The summed E-state index contributed by atoms with van der Waals surface area (Å²) in [6.07, 6.45) is 0. The molecule has 1 heterocycles. The Balaban J connectivity index is 0.000000500. The molecular formula is C6H4NaO2P.